The van der Waals surface area contributed by atoms with Crippen LogP contribution in [-0.2, 0) is 11.3 Å². The molecule has 0 saturated heterocycles. The van der Waals surface area contributed by atoms with Gasteiger partial charge in [0.25, 0.3) is 0 Å². The zero-order valence-corrected chi connectivity index (χ0v) is 10.5. The third kappa shape index (κ3) is 5.10. The zero-order chi connectivity index (χ0) is 13.6. The summed E-state index contributed by atoms with van der Waals surface area (Å²) < 4.78 is 47.6. The predicted molar refractivity (Wildman–Crippen MR) is 61.1 cm³/mol. The van der Waals surface area contributed by atoms with Gasteiger partial charge in [-0.2, -0.15) is 13.2 Å². The maximum atomic E-state index is 12.5. The van der Waals surface area contributed by atoms with Crippen molar-refractivity contribution in [3.05, 3.63) is 23.7 Å². The largest absolute Gasteiger partial charge is 0.462 e. The lowest BCUT2D eigenvalue weighted by Crippen LogP contribution is -2.27. The second-order valence-electron chi connectivity index (χ2n) is 4.06. The standard InChI is InChI=1S/C12H18F3NO2/c1-3-6-16-10(7-12(13,14)15)11-5-4-9(18-11)8-17-2/h4-5,10,16H,3,6-8H2,1-2H3. The van der Waals surface area contributed by atoms with Gasteiger partial charge in [-0.3, -0.25) is 0 Å². The van der Waals surface area contributed by atoms with Gasteiger partial charge in [-0.1, -0.05) is 6.92 Å². The third-order valence-electron chi connectivity index (χ3n) is 2.39. The summed E-state index contributed by atoms with van der Waals surface area (Å²) in [5.41, 5.74) is 0. The monoisotopic (exact) mass is 265 g/mol. The van der Waals surface area contributed by atoms with E-state index < -0.39 is 18.6 Å². The Morgan fingerprint density at radius 3 is 2.67 bits per heavy atom. The number of methoxy groups -OCH3 is 1. The molecule has 0 amide bonds. The van der Waals surface area contributed by atoms with Crippen molar-refractivity contribution in [2.45, 2.75) is 38.6 Å². The van der Waals surface area contributed by atoms with Crippen molar-refractivity contribution in [3.63, 3.8) is 0 Å². The molecule has 0 aromatic carbocycles. The molecular formula is C12H18F3NO2. The summed E-state index contributed by atoms with van der Waals surface area (Å²) in [5, 5.41) is 2.84. The molecule has 104 valence electrons. The minimum atomic E-state index is -4.22. The number of alkyl halides is 3. The van der Waals surface area contributed by atoms with Crippen molar-refractivity contribution in [2.24, 2.45) is 0 Å². The Balaban J connectivity index is 2.73. The highest BCUT2D eigenvalue weighted by molar-refractivity contribution is 5.10. The molecule has 0 aliphatic rings. The van der Waals surface area contributed by atoms with Crippen LogP contribution in [0.4, 0.5) is 13.2 Å². The lowest BCUT2D eigenvalue weighted by Gasteiger charge is -2.18. The summed E-state index contributed by atoms with van der Waals surface area (Å²) in [6.45, 7) is 2.67. The molecule has 0 saturated carbocycles. The molecule has 1 N–H and O–H groups in total. The summed E-state index contributed by atoms with van der Waals surface area (Å²) in [6, 6.07) is 2.36. The van der Waals surface area contributed by atoms with Crippen LogP contribution >= 0.6 is 0 Å². The molecule has 0 fully saturated rings. The SMILES string of the molecule is CCCNC(CC(F)(F)F)c1ccc(COC)o1. The first-order valence-corrected chi connectivity index (χ1v) is 5.84. The fourth-order valence-electron chi connectivity index (χ4n) is 1.62. The van der Waals surface area contributed by atoms with Crippen molar-refractivity contribution in [1.82, 2.24) is 5.32 Å². The molecule has 1 aromatic rings. The number of halogens is 3. The minimum absolute atomic E-state index is 0.256. The molecule has 1 aromatic heterocycles. The maximum absolute atomic E-state index is 12.5. The van der Waals surface area contributed by atoms with E-state index in [0.29, 0.717) is 18.1 Å². The molecule has 3 nitrogen and oxygen atoms in total. The van der Waals surface area contributed by atoms with Crippen LogP contribution in [0, 0.1) is 0 Å². The molecule has 0 radical (unpaired) electrons. The van der Waals surface area contributed by atoms with Gasteiger partial charge in [0.15, 0.2) is 0 Å². The molecule has 1 heterocycles. The van der Waals surface area contributed by atoms with Crippen LogP contribution in [0.15, 0.2) is 16.5 Å². The zero-order valence-electron chi connectivity index (χ0n) is 10.5. The molecule has 6 heteroatoms. The Labute approximate surface area is 104 Å². The van der Waals surface area contributed by atoms with Gasteiger partial charge in [0.05, 0.1) is 12.5 Å². The van der Waals surface area contributed by atoms with Gasteiger partial charge in [0.1, 0.15) is 18.1 Å². The molecule has 1 unspecified atom stereocenters. The highest BCUT2D eigenvalue weighted by Crippen LogP contribution is 2.30. The maximum Gasteiger partial charge on any atom is 0.391 e. The van der Waals surface area contributed by atoms with Crippen LogP contribution in [0.3, 0.4) is 0 Å². The molecular weight excluding hydrogens is 247 g/mol. The Morgan fingerprint density at radius 2 is 2.11 bits per heavy atom. The number of ether oxygens (including phenoxy) is 1. The summed E-state index contributed by atoms with van der Waals surface area (Å²) in [7, 11) is 1.50. The average molecular weight is 265 g/mol. The Hall–Kier alpha value is -1.01. The Morgan fingerprint density at radius 1 is 1.39 bits per heavy atom. The minimum Gasteiger partial charge on any atom is -0.462 e. The molecule has 0 spiro atoms. The van der Waals surface area contributed by atoms with Crippen molar-refractivity contribution in [3.8, 4) is 0 Å². The average Bonchev–Trinajstić information content (AvgIpc) is 2.72. The molecule has 1 atom stereocenters. The van der Waals surface area contributed by atoms with Crippen molar-refractivity contribution in [1.29, 1.82) is 0 Å². The summed E-state index contributed by atoms with van der Waals surface area (Å²) in [4.78, 5) is 0. The normalized spacial score (nSPS) is 13.8. The van der Waals surface area contributed by atoms with Gasteiger partial charge in [-0.25, -0.2) is 0 Å². The van der Waals surface area contributed by atoms with E-state index in [0.717, 1.165) is 6.42 Å². The number of hydrogen-bond donors (Lipinski definition) is 1. The van der Waals surface area contributed by atoms with E-state index in [1.54, 1.807) is 12.1 Å². The highest BCUT2D eigenvalue weighted by Gasteiger charge is 2.33. The second kappa shape index (κ2) is 6.80. The lowest BCUT2D eigenvalue weighted by molar-refractivity contribution is -0.141. The van der Waals surface area contributed by atoms with Gasteiger partial charge < -0.3 is 14.5 Å². The number of rotatable bonds is 7. The van der Waals surface area contributed by atoms with Gasteiger partial charge in [-0.05, 0) is 25.1 Å². The molecule has 0 bridgehead atoms. The van der Waals surface area contributed by atoms with Crippen LogP contribution in [0.25, 0.3) is 0 Å². The van der Waals surface area contributed by atoms with Crippen LogP contribution in [-0.4, -0.2) is 19.8 Å². The van der Waals surface area contributed by atoms with E-state index >= 15 is 0 Å². The Bertz CT molecular complexity index is 349. The summed E-state index contributed by atoms with van der Waals surface area (Å²) in [6.07, 6.45) is -4.40. The summed E-state index contributed by atoms with van der Waals surface area (Å²) in [5.74, 6) is 0.825. The number of furan rings is 1. The highest BCUT2D eigenvalue weighted by atomic mass is 19.4. The van der Waals surface area contributed by atoms with E-state index in [4.69, 9.17) is 9.15 Å². The van der Waals surface area contributed by atoms with Gasteiger partial charge in [0, 0.05) is 7.11 Å². The molecule has 18 heavy (non-hydrogen) atoms. The van der Waals surface area contributed by atoms with Crippen molar-refractivity contribution >= 4 is 0 Å². The van der Waals surface area contributed by atoms with Crippen LogP contribution in [0.2, 0.25) is 0 Å². The third-order valence-corrected chi connectivity index (χ3v) is 2.39. The van der Waals surface area contributed by atoms with Gasteiger partial charge in [-0.15, -0.1) is 0 Å². The summed E-state index contributed by atoms with van der Waals surface area (Å²) >= 11 is 0. The van der Waals surface area contributed by atoms with E-state index in [9.17, 15) is 13.2 Å². The number of nitrogens with one attached hydrogen (secondary N) is 1. The number of hydrogen-bond acceptors (Lipinski definition) is 3. The fourth-order valence-corrected chi connectivity index (χ4v) is 1.62. The quantitative estimate of drug-likeness (QED) is 0.820. The second-order valence-corrected chi connectivity index (χ2v) is 4.06. The predicted octanol–water partition coefficient (Wildman–Crippen LogP) is 3.42. The Kier molecular flexibility index (Phi) is 5.68. The first kappa shape index (κ1) is 15.0. The van der Waals surface area contributed by atoms with Crippen molar-refractivity contribution < 1.29 is 22.3 Å². The van der Waals surface area contributed by atoms with Gasteiger partial charge >= 0.3 is 6.18 Å². The van der Waals surface area contributed by atoms with Crippen LogP contribution < -0.4 is 5.32 Å². The van der Waals surface area contributed by atoms with Crippen LogP contribution in [0.5, 0.6) is 0 Å². The first-order chi connectivity index (χ1) is 8.46. The van der Waals surface area contributed by atoms with E-state index in [1.165, 1.54) is 7.11 Å². The van der Waals surface area contributed by atoms with Crippen molar-refractivity contribution in [2.75, 3.05) is 13.7 Å². The molecule has 1 rings (SSSR count). The van der Waals surface area contributed by atoms with Gasteiger partial charge in [0.2, 0.25) is 0 Å². The molecule has 0 aliphatic carbocycles. The van der Waals surface area contributed by atoms with E-state index in [2.05, 4.69) is 5.32 Å². The topological polar surface area (TPSA) is 34.4 Å². The molecule has 0 aliphatic heterocycles. The smallest absolute Gasteiger partial charge is 0.391 e. The van der Waals surface area contributed by atoms with E-state index in [-0.39, 0.29) is 6.61 Å². The fraction of sp³-hybridized carbons (Fsp3) is 0.667. The first-order valence-electron chi connectivity index (χ1n) is 5.84. The lowest BCUT2D eigenvalue weighted by atomic mass is 10.1. The van der Waals surface area contributed by atoms with E-state index in [1.807, 2.05) is 6.92 Å². The van der Waals surface area contributed by atoms with Crippen LogP contribution in [0.1, 0.15) is 37.3 Å².